The van der Waals surface area contributed by atoms with Crippen molar-refractivity contribution in [1.82, 2.24) is 9.80 Å². The minimum absolute atomic E-state index is 0.0772. The molecule has 2 aromatic carbocycles. The van der Waals surface area contributed by atoms with Crippen molar-refractivity contribution in [3.05, 3.63) is 64.7 Å². The van der Waals surface area contributed by atoms with Gasteiger partial charge in [-0.2, -0.15) is 0 Å². The molecule has 30 heavy (non-hydrogen) atoms. The van der Waals surface area contributed by atoms with Crippen LogP contribution in [0.4, 0.5) is 10.5 Å². The van der Waals surface area contributed by atoms with Crippen LogP contribution in [-0.2, 0) is 4.79 Å². The number of rotatable bonds is 5. The first-order chi connectivity index (χ1) is 14.5. The molecule has 1 fully saturated rings. The number of benzene rings is 2. The Bertz CT molecular complexity index is 937. The van der Waals surface area contributed by atoms with Gasteiger partial charge in [-0.1, -0.05) is 35.9 Å². The predicted octanol–water partition coefficient (Wildman–Crippen LogP) is 4.44. The van der Waals surface area contributed by atoms with E-state index in [-0.39, 0.29) is 11.9 Å². The molecule has 0 aromatic heterocycles. The smallest absolute Gasteiger partial charge is 0.321 e. The zero-order valence-corrected chi connectivity index (χ0v) is 18.0. The number of halogens is 1. The Morgan fingerprint density at radius 3 is 2.50 bits per heavy atom. The van der Waals surface area contributed by atoms with Gasteiger partial charge in [0.25, 0.3) is 0 Å². The molecule has 6 nitrogen and oxygen atoms in total. The number of hydrogen-bond acceptors (Lipinski definition) is 3. The van der Waals surface area contributed by atoms with Gasteiger partial charge in [0.1, 0.15) is 5.75 Å². The summed E-state index contributed by atoms with van der Waals surface area (Å²) in [6.07, 6.45) is 3.33. The van der Waals surface area contributed by atoms with Crippen molar-refractivity contribution in [3.8, 4) is 5.75 Å². The summed E-state index contributed by atoms with van der Waals surface area (Å²) in [5, 5.41) is 3.47. The number of nitrogens with zero attached hydrogens (tertiary/aromatic N) is 2. The number of piperazine rings is 1. The molecule has 1 saturated heterocycles. The van der Waals surface area contributed by atoms with E-state index in [1.165, 1.54) is 0 Å². The molecule has 1 aliphatic heterocycles. The second-order valence-electron chi connectivity index (χ2n) is 7.01. The molecule has 158 valence electrons. The largest absolute Gasteiger partial charge is 0.493 e. The van der Waals surface area contributed by atoms with Crippen LogP contribution in [0.1, 0.15) is 18.1 Å². The summed E-state index contributed by atoms with van der Waals surface area (Å²) in [6.45, 7) is 6.32. The Balaban J connectivity index is 1.52. The van der Waals surface area contributed by atoms with Crippen molar-refractivity contribution in [2.75, 3.05) is 38.1 Å². The quantitative estimate of drug-likeness (QED) is 0.717. The second kappa shape index (κ2) is 10.2. The molecule has 0 saturated carbocycles. The molecule has 0 radical (unpaired) electrons. The number of amides is 3. The molecular weight excluding hydrogens is 402 g/mol. The van der Waals surface area contributed by atoms with Gasteiger partial charge in [-0.3, -0.25) is 4.79 Å². The number of urea groups is 1. The number of ether oxygens (including phenoxy) is 1. The fraction of sp³-hybridized carbons (Fsp3) is 0.304. The molecule has 0 bridgehead atoms. The van der Waals surface area contributed by atoms with Crippen LogP contribution < -0.4 is 10.1 Å². The lowest BCUT2D eigenvalue weighted by atomic mass is 10.2. The van der Waals surface area contributed by atoms with E-state index >= 15 is 0 Å². The first-order valence-electron chi connectivity index (χ1n) is 9.99. The first kappa shape index (κ1) is 21.7. The highest BCUT2D eigenvalue weighted by Gasteiger charge is 2.23. The standard InChI is InChI=1S/C23H26ClN3O3/c1-3-30-21-7-5-4-6-18(21)9-11-22(28)26-12-14-27(15-13-26)23(29)25-19-10-8-17(2)20(24)16-19/h4-11,16H,3,12-15H2,1-2H3,(H,25,29). The lowest BCUT2D eigenvalue weighted by Crippen LogP contribution is -2.51. The van der Waals surface area contributed by atoms with Gasteiger partial charge in [-0.05, 0) is 43.7 Å². The summed E-state index contributed by atoms with van der Waals surface area (Å²) in [7, 11) is 0. The summed E-state index contributed by atoms with van der Waals surface area (Å²) in [5.41, 5.74) is 2.48. The Morgan fingerprint density at radius 1 is 1.10 bits per heavy atom. The average molecular weight is 428 g/mol. The summed E-state index contributed by atoms with van der Waals surface area (Å²) in [5.74, 6) is 0.674. The number of para-hydroxylation sites is 1. The Labute approximate surface area is 182 Å². The topological polar surface area (TPSA) is 61.9 Å². The van der Waals surface area contributed by atoms with Gasteiger partial charge < -0.3 is 19.9 Å². The number of hydrogen-bond donors (Lipinski definition) is 1. The Hall–Kier alpha value is -2.99. The summed E-state index contributed by atoms with van der Waals surface area (Å²) in [4.78, 5) is 28.5. The third-order valence-corrected chi connectivity index (χ3v) is 5.33. The van der Waals surface area contributed by atoms with Crippen molar-refractivity contribution < 1.29 is 14.3 Å². The van der Waals surface area contributed by atoms with Crippen LogP contribution in [0.25, 0.3) is 6.08 Å². The highest BCUT2D eigenvalue weighted by atomic mass is 35.5. The van der Waals surface area contributed by atoms with Gasteiger partial charge in [0.2, 0.25) is 5.91 Å². The lowest BCUT2D eigenvalue weighted by molar-refractivity contribution is -0.127. The van der Waals surface area contributed by atoms with E-state index in [4.69, 9.17) is 16.3 Å². The minimum atomic E-state index is -0.191. The molecular formula is C23H26ClN3O3. The van der Waals surface area contributed by atoms with Crippen molar-refractivity contribution in [3.63, 3.8) is 0 Å². The van der Waals surface area contributed by atoms with Gasteiger partial charge >= 0.3 is 6.03 Å². The highest BCUT2D eigenvalue weighted by Crippen LogP contribution is 2.21. The molecule has 1 heterocycles. The van der Waals surface area contributed by atoms with E-state index < -0.39 is 0 Å². The van der Waals surface area contributed by atoms with Gasteiger partial charge in [0.05, 0.1) is 6.61 Å². The average Bonchev–Trinajstić information content (AvgIpc) is 2.76. The maximum atomic E-state index is 12.5. The number of anilines is 1. The molecule has 0 spiro atoms. The molecule has 7 heteroatoms. The normalized spacial score (nSPS) is 14.1. The van der Waals surface area contributed by atoms with Crippen LogP contribution >= 0.6 is 11.6 Å². The summed E-state index contributed by atoms with van der Waals surface area (Å²) >= 11 is 6.11. The Morgan fingerprint density at radius 2 is 1.80 bits per heavy atom. The maximum absolute atomic E-state index is 12.5. The van der Waals surface area contributed by atoms with E-state index in [0.29, 0.717) is 43.5 Å². The molecule has 0 aliphatic carbocycles. The number of nitrogens with one attached hydrogen (secondary N) is 1. The van der Waals surface area contributed by atoms with Crippen molar-refractivity contribution in [1.29, 1.82) is 0 Å². The zero-order valence-electron chi connectivity index (χ0n) is 17.2. The monoisotopic (exact) mass is 427 g/mol. The molecule has 1 N–H and O–H groups in total. The second-order valence-corrected chi connectivity index (χ2v) is 7.42. The van der Waals surface area contributed by atoms with Crippen LogP contribution in [0.3, 0.4) is 0 Å². The molecule has 3 amide bonds. The first-order valence-corrected chi connectivity index (χ1v) is 10.4. The van der Waals surface area contributed by atoms with Gasteiger partial charge in [-0.15, -0.1) is 0 Å². The van der Waals surface area contributed by atoms with E-state index in [2.05, 4.69) is 5.32 Å². The molecule has 2 aromatic rings. The molecule has 0 atom stereocenters. The third-order valence-electron chi connectivity index (χ3n) is 4.93. The minimum Gasteiger partial charge on any atom is -0.493 e. The SMILES string of the molecule is CCOc1ccccc1C=CC(=O)N1CCN(C(=O)Nc2ccc(C)c(Cl)c2)CC1. The van der Waals surface area contributed by atoms with Gasteiger partial charge in [0.15, 0.2) is 0 Å². The van der Waals surface area contributed by atoms with E-state index in [0.717, 1.165) is 16.9 Å². The van der Waals surface area contributed by atoms with E-state index in [1.54, 1.807) is 28.0 Å². The summed E-state index contributed by atoms with van der Waals surface area (Å²) < 4.78 is 5.58. The summed E-state index contributed by atoms with van der Waals surface area (Å²) in [6, 6.07) is 12.8. The predicted molar refractivity (Wildman–Crippen MR) is 120 cm³/mol. The van der Waals surface area contributed by atoms with Crippen molar-refractivity contribution >= 4 is 35.3 Å². The van der Waals surface area contributed by atoms with Crippen LogP contribution in [0.15, 0.2) is 48.5 Å². The lowest BCUT2D eigenvalue weighted by Gasteiger charge is -2.34. The molecule has 3 rings (SSSR count). The van der Waals surface area contributed by atoms with Crippen LogP contribution in [0.2, 0.25) is 5.02 Å². The van der Waals surface area contributed by atoms with E-state index in [9.17, 15) is 9.59 Å². The highest BCUT2D eigenvalue weighted by molar-refractivity contribution is 6.31. The zero-order chi connectivity index (χ0) is 21.5. The third kappa shape index (κ3) is 5.54. The number of carbonyl (C=O) groups excluding carboxylic acids is 2. The molecule has 1 aliphatic rings. The van der Waals surface area contributed by atoms with Gasteiger partial charge in [-0.25, -0.2) is 4.79 Å². The van der Waals surface area contributed by atoms with Crippen LogP contribution in [0.5, 0.6) is 5.75 Å². The van der Waals surface area contributed by atoms with Crippen LogP contribution in [-0.4, -0.2) is 54.5 Å². The molecule has 0 unspecified atom stereocenters. The van der Waals surface area contributed by atoms with E-state index in [1.807, 2.05) is 50.2 Å². The van der Waals surface area contributed by atoms with Gasteiger partial charge in [0, 0.05) is 48.5 Å². The maximum Gasteiger partial charge on any atom is 0.321 e. The Kier molecular flexibility index (Phi) is 7.36. The van der Waals surface area contributed by atoms with Crippen molar-refractivity contribution in [2.45, 2.75) is 13.8 Å². The number of carbonyl (C=O) groups is 2. The fourth-order valence-electron chi connectivity index (χ4n) is 3.17. The fourth-order valence-corrected chi connectivity index (χ4v) is 3.36. The number of aryl methyl sites for hydroxylation is 1. The van der Waals surface area contributed by atoms with Crippen molar-refractivity contribution in [2.24, 2.45) is 0 Å². The van der Waals surface area contributed by atoms with Crippen LogP contribution in [0, 0.1) is 6.92 Å².